The van der Waals surface area contributed by atoms with Gasteiger partial charge in [-0.25, -0.2) is 0 Å². The van der Waals surface area contributed by atoms with E-state index in [9.17, 15) is 5.26 Å². The Hall–Kier alpha value is -2.21. The predicted molar refractivity (Wildman–Crippen MR) is 78.6 cm³/mol. The van der Waals surface area contributed by atoms with Gasteiger partial charge in [0.1, 0.15) is 11.9 Å². The zero-order valence-corrected chi connectivity index (χ0v) is 12.1. The molecule has 0 radical (unpaired) electrons. The van der Waals surface area contributed by atoms with E-state index in [1.54, 1.807) is 0 Å². The molecule has 2 aromatic rings. The lowest BCUT2D eigenvalue weighted by molar-refractivity contribution is 0.987. The number of hydrogen-bond donors (Lipinski definition) is 1. The molecule has 19 heavy (non-hydrogen) atoms. The number of nitrogen functional groups attached to an aromatic ring is 1. The lowest BCUT2D eigenvalue weighted by Crippen LogP contribution is -2.06. The van der Waals surface area contributed by atoms with Crippen LogP contribution in [0.15, 0.2) is 12.1 Å². The Morgan fingerprint density at radius 2 is 1.58 bits per heavy atom. The van der Waals surface area contributed by atoms with Gasteiger partial charge in [-0.15, -0.1) is 0 Å². The van der Waals surface area contributed by atoms with E-state index in [1.807, 2.05) is 18.4 Å². The number of benzene rings is 1. The molecule has 1 heterocycles. The molecule has 0 aliphatic heterocycles. The molecule has 3 heteroatoms. The van der Waals surface area contributed by atoms with Crippen LogP contribution in [-0.4, -0.2) is 4.57 Å². The second-order valence-electron chi connectivity index (χ2n) is 5.17. The molecular weight excluding hydrogens is 234 g/mol. The van der Waals surface area contributed by atoms with Crippen LogP contribution in [0.25, 0.3) is 5.69 Å². The van der Waals surface area contributed by atoms with Crippen molar-refractivity contribution in [3.05, 3.63) is 45.6 Å². The quantitative estimate of drug-likeness (QED) is 0.846. The average molecular weight is 253 g/mol. The van der Waals surface area contributed by atoms with Crippen LogP contribution in [-0.2, 0) is 0 Å². The van der Waals surface area contributed by atoms with Crippen molar-refractivity contribution in [2.45, 2.75) is 34.6 Å². The smallest absolute Gasteiger partial charge is 0.126 e. The molecule has 1 aromatic heterocycles. The molecule has 2 N–H and O–H groups in total. The van der Waals surface area contributed by atoms with E-state index < -0.39 is 0 Å². The summed E-state index contributed by atoms with van der Waals surface area (Å²) in [6, 6.07) is 6.48. The summed E-state index contributed by atoms with van der Waals surface area (Å²) in [5, 5.41) is 9.22. The summed E-state index contributed by atoms with van der Waals surface area (Å²) >= 11 is 0. The molecule has 0 aliphatic carbocycles. The van der Waals surface area contributed by atoms with Crippen molar-refractivity contribution in [2.75, 3.05) is 5.73 Å². The fraction of sp³-hybridized carbons (Fsp3) is 0.312. The van der Waals surface area contributed by atoms with E-state index in [2.05, 4.69) is 39.0 Å². The summed E-state index contributed by atoms with van der Waals surface area (Å²) in [5.41, 5.74) is 13.4. The minimum Gasteiger partial charge on any atom is -0.384 e. The topological polar surface area (TPSA) is 54.7 Å². The van der Waals surface area contributed by atoms with Crippen LogP contribution in [0.2, 0.25) is 0 Å². The molecule has 0 fully saturated rings. The second-order valence-corrected chi connectivity index (χ2v) is 5.17. The molecule has 0 atom stereocenters. The molecule has 0 saturated heterocycles. The highest BCUT2D eigenvalue weighted by atomic mass is 15.1. The summed E-state index contributed by atoms with van der Waals surface area (Å²) in [7, 11) is 0. The Balaban J connectivity index is 2.85. The number of nitrogens with zero attached hydrogens (tertiary/aromatic N) is 2. The van der Waals surface area contributed by atoms with Gasteiger partial charge in [0.2, 0.25) is 0 Å². The molecule has 0 bridgehead atoms. The molecule has 1 aromatic carbocycles. The summed E-state index contributed by atoms with van der Waals surface area (Å²) < 4.78 is 2.00. The summed E-state index contributed by atoms with van der Waals surface area (Å²) in [5.74, 6) is 0.535. The molecule has 98 valence electrons. The molecule has 0 spiro atoms. The third kappa shape index (κ3) is 1.90. The largest absolute Gasteiger partial charge is 0.384 e. The van der Waals surface area contributed by atoms with Crippen molar-refractivity contribution in [1.82, 2.24) is 4.57 Å². The number of anilines is 1. The summed E-state index contributed by atoms with van der Waals surface area (Å²) in [4.78, 5) is 0. The third-order valence-electron chi connectivity index (χ3n) is 3.72. The number of aromatic nitrogens is 1. The highest BCUT2D eigenvalue weighted by molar-refractivity contribution is 5.65. The van der Waals surface area contributed by atoms with Crippen LogP contribution in [0.1, 0.15) is 33.5 Å². The maximum Gasteiger partial charge on any atom is 0.126 e. The maximum atomic E-state index is 9.22. The van der Waals surface area contributed by atoms with Gasteiger partial charge in [-0.05, 0) is 51.3 Å². The molecule has 2 rings (SSSR count). The number of aryl methyl sites for hydroxylation is 3. The van der Waals surface area contributed by atoms with Crippen molar-refractivity contribution in [2.24, 2.45) is 0 Å². The molecule has 3 nitrogen and oxygen atoms in total. The monoisotopic (exact) mass is 253 g/mol. The van der Waals surface area contributed by atoms with Crippen LogP contribution in [0.4, 0.5) is 5.82 Å². The highest BCUT2D eigenvalue weighted by Crippen LogP contribution is 2.31. The fourth-order valence-electron chi connectivity index (χ4n) is 2.79. The predicted octanol–water partition coefficient (Wildman–Crippen LogP) is 3.47. The van der Waals surface area contributed by atoms with E-state index in [-0.39, 0.29) is 0 Å². The standard InChI is InChI=1S/C16H19N3/c1-9-6-10(2)15(11(3)7-9)19-13(5)12(4)14(8-17)16(19)18/h6-7H,18H2,1-5H3. The van der Waals surface area contributed by atoms with Gasteiger partial charge >= 0.3 is 0 Å². The number of hydrogen-bond acceptors (Lipinski definition) is 2. The van der Waals surface area contributed by atoms with Gasteiger partial charge in [0.15, 0.2) is 0 Å². The van der Waals surface area contributed by atoms with Crippen molar-refractivity contribution in [3.63, 3.8) is 0 Å². The third-order valence-corrected chi connectivity index (χ3v) is 3.72. The zero-order chi connectivity index (χ0) is 14.3. The lowest BCUT2D eigenvalue weighted by atomic mass is 10.0. The average Bonchev–Trinajstić information content (AvgIpc) is 2.52. The minimum atomic E-state index is 0.535. The number of rotatable bonds is 1. The van der Waals surface area contributed by atoms with Crippen molar-refractivity contribution in [3.8, 4) is 11.8 Å². The zero-order valence-electron chi connectivity index (χ0n) is 12.1. The molecule has 0 saturated carbocycles. The molecule has 0 unspecified atom stereocenters. The van der Waals surface area contributed by atoms with Crippen LogP contribution in [0.3, 0.4) is 0 Å². The fourth-order valence-corrected chi connectivity index (χ4v) is 2.79. The highest BCUT2D eigenvalue weighted by Gasteiger charge is 2.18. The van der Waals surface area contributed by atoms with E-state index in [1.165, 1.54) is 16.7 Å². The second kappa shape index (κ2) is 4.47. The van der Waals surface area contributed by atoms with Gasteiger partial charge < -0.3 is 5.73 Å². The van der Waals surface area contributed by atoms with E-state index in [4.69, 9.17) is 5.73 Å². The van der Waals surface area contributed by atoms with Crippen molar-refractivity contribution >= 4 is 5.82 Å². The Morgan fingerprint density at radius 3 is 2.00 bits per heavy atom. The van der Waals surface area contributed by atoms with Crippen molar-refractivity contribution in [1.29, 1.82) is 5.26 Å². The van der Waals surface area contributed by atoms with Crippen molar-refractivity contribution < 1.29 is 0 Å². The van der Waals surface area contributed by atoms with Crippen LogP contribution in [0, 0.1) is 45.9 Å². The van der Waals surface area contributed by atoms with E-state index >= 15 is 0 Å². The Bertz CT molecular complexity index is 677. The van der Waals surface area contributed by atoms with Crippen LogP contribution in [0.5, 0.6) is 0 Å². The maximum absolute atomic E-state index is 9.22. The SMILES string of the molecule is Cc1cc(C)c(-n2c(C)c(C)c(C#N)c2N)c(C)c1. The Morgan fingerprint density at radius 1 is 1.05 bits per heavy atom. The summed E-state index contributed by atoms with van der Waals surface area (Å²) in [6.45, 7) is 10.2. The first-order valence-corrected chi connectivity index (χ1v) is 6.34. The van der Waals surface area contributed by atoms with Gasteiger partial charge in [0.05, 0.1) is 11.3 Å². The van der Waals surface area contributed by atoms with Gasteiger partial charge in [0, 0.05) is 5.69 Å². The molecule has 0 aliphatic rings. The van der Waals surface area contributed by atoms with E-state index in [0.29, 0.717) is 11.4 Å². The summed E-state index contributed by atoms with van der Waals surface area (Å²) in [6.07, 6.45) is 0. The number of nitriles is 1. The van der Waals surface area contributed by atoms with Gasteiger partial charge in [0.25, 0.3) is 0 Å². The van der Waals surface area contributed by atoms with Crippen LogP contribution < -0.4 is 5.73 Å². The van der Waals surface area contributed by atoms with Gasteiger partial charge in [-0.2, -0.15) is 5.26 Å². The van der Waals surface area contributed by atoms with E-state index in [0.717, 1.165) is 16.9 Å². The Kier molecular flexibility index (Phi) is 3.11. The minimum absolute atomic E-state index is 0.535. The Labute approximate surface area is 114 Å². The first kappa shape index (κ1) is 13.2. The molecular formula is C16H19N3. The first-order valence-electron chi connectivity index (χ1n) is 6.34. The van der Waals surface area contributed by atoms with Gasteiger partial charge in [-0.1, -0.05) is 17.7 Å². The van der Waals surface area contributed by atoms with Crippen LogP contribution >= 0.6 is 0 Å². The normalized spacial score (nSPS) is 10.5. The van der Waals surface area contributed by atoms with Gasteiger partial charge in [-0.3, -0.25) is 4.57 Å². The molecule has 0 amide bonds. The first-order chi connectivity index (χ1) is 8.88. The number of nitrogens with two attached hydrogens (primary N) is 1. The lowest BCUT2D eigenvalue weighted by Gasteiger charge is -2.16.